The quantitative estimate of drug-likeness (QED) is 0.883. The molecule has 1 heterocycles. The van der Waals surface area contributed by atoms with Crippen molar-refractivity contribution in [2.45, 2.75) is 13.5 Å². The van der Waals surface area contributed by atoms with E-state index in [0.29, 0.717) is 12.2 Å². The van der Waals surface area contributed by atoms with Gasteiger partial charge >= 0.3 is 0 Å². The molecule has 104 valence electrons. The normalized spacial score (nSPS) is 10.1. The number of hydrogen-bond acceptors (Lipinski definition) is 3. The molecule has 4 nitrogen and oxygen atoms in total. The minimum Gasteiger partial charge on any atom is -0.385 e. The van der Waals surface area contributed by atoms with E-state index in [1.54, 1.807) is 12.3 Å². The first-order valence-corrected chi connectivity index (χ1v) is 7.21. The molecule has 0 spiro atoms. The predicted octanol–water partition coefficient (Wildman–Crippen LogP) is 3.21. The fourth-order valence-corrected chi connectivity index (χ4v) is 2.01. The minimum absolute atomic E-state index is 0.173. The molecule has 1 aromatic heterocycles. The van der Waals surface area contributed by atoms with Crippen molar-refractivity contribution in [2.75, 3.05) is 11.9 Å². The van der Waals surface area contributed by atoms with E-state index in [1.165, 1.54) is 0 Å². The van der Waals surface area contributed by atoms with Crippen molar-refractivity contribution in [1.82, 2.24) is 10.3 Å². The smallest absolute Gasteiger partial charge is 0.270 e. The zero-order valence-electron chi connectivity index (χ0n) is 11.2. The monoisotopic (exact) mass is 333 g/mol. The molecule has 0 unspecified atom stereocenters. The number of amides is 1. The number of benzene rings is 1. The first-order chi connectivity index (χ1) is 9.69. The lowest BCUT2D eigenvalue weighted by atomic mass is 10.2. The highest BCUT2D eigenvalue weighted by Gasteiger charge is 2.07. The van der Waals surface area contributed by atoms with Gasteiger partial charge in [-0.25, -0.2) is 0 Å². The van der Waals surface area contributed by atoms with Gasteiger partial charge in [-0.2, -0.15) is 0 Å². The molecular formula is C15H16BrN3O. The fraction of sp³-hybridized carbons (Fsp3) is 0.200. The molecule has 0 aliphatic rings. The summed E-state index contributed by atoms with van der Waals surface area (Å²) in [5.41, 5.74) is 2.36. The third-order valence-electron chi connectivity index (χ3n) is 2.74. The summed E-state index contributed by atoms with van der Waals surface area (Å²) < 4.78 is 1.02. The van der Waals surface area contributed by atoms with Crippen LogP contribution < -0.4 is 10.6 Å². The van der Waals surface area contributed by atoms with E-state index in [-0.39, 0.29) is 5.91 Å². The first-order valence-electron chi connectivity index (χ1n) is 6.41. The van der Waals surface area contributed by atoms with Gasteiger partial charge in [-0.1, -0.05) is 28.1 Å². The number of aromatic nitrogens is 1. The van der Waals surface area contributed by atoms with Crippen LogP contribution in [0.3, 0.4) is 0 Å². The van der Waals surface area contributed by atoms with Crippen molar-refractivity contribution >= 4 is 27.5 Å². The highest BCUT2D eigenvalue weighted by molar-refractivity contribution is 9.10. The zero-order chi connectivity index (χ0) is 14.4. The summed E-state index contributed by atoms with van der Waals surface area (Å²) in [6.45, 7) is 3.30. The van der Waals surface area contributed by atoms with Crippen LogP contribution in [0.25, 0.3) is 0 Å². The number of pyridine rings is 1. The van der Waals surface area contributed by atoms with Crippen molar-refractivity contribution < 1.29 is 4.79 Å². The number of carbonyl (C=O) groups excluding carboxylic acids is 1. The number of carbonyl (C=O) groups is 1. The molecule has 0 bridgehead atoms. The summed E-state index contributed by atoms with van der Waals surface area (Å²) in [5, 5.41) is 6.02. The molecule has 0 atom stereocenters. The first kappa shape index (κ1) is 14.5. The molecule has 0 aliphatic heterocycles. The number of hydrogen-bond donors (Lipinski definition) is 2. The topological polar surface area (TPSA) is 54.0 Å². The number of halogens is 1. The summed E-state index contributed by atoms with van der Waals surface area (Å²) >= 11 is 3.38. The van der Waals surface area contributed by atoms with E-state index < -0.39 is 0 Å². The largest absolute Gasteiger partial charge is 0.385 e. The summed E-state index contributed by atoms with van der Waals surface area (Å²) in [4.78, 5) is 16.1. The molecule has 0 saturated carbocycles. The van der Waals surface area contributed by atoms with Crippen LogP contribution in [0, 0.1) is 0 Å². The molecule has 2 N–H and O–H groups in total. The maximum absolute atomic E-state index is 12.0. The molecule has 20 heavy (non-hydrogen) atoms. The Hall–Kier alpha value is -1.88. The Labute approximate surface area is 126 Å². The maximum atomic E-state index is 12.0. The second-order valence-electron chi connectivity index (χ2n) is 4.27. The Bertz CT molecular complexity index is 584. The van der Waals surface area contributed by atoms with Crippen molar-refractivity contribution in [3.8, 4) is 0 Å². The molecule has 2 aromatic rings. The van der Waals surface area contributed by atoms with E-state index in [1.807, 2.05) is 37.3 Å². The summed E-state index contributed by atoms with van der Waals surface area (Å²) in [5.74, 6) is -0.173. The minimum atomic E-state index is -0.173. The van der Waals surface area contributed by atoms with Crippen LogP contribution in [0.1, 0.15) is 23.0 Å². The van der Waals surface area contributed by atoms with Gasteiger partial charge in [-0.3, -0.25) is 9.78 Å². The SMILES string of the molecule is CCNc1ccnc(C(=O)NCc2ccc(Br)cc2)c1. The number of rotatable bonds is 5. The van der Waals surface area contributed by atoms with Gasteiger partial charge < -0.3 is 10.6 Å². The van der Waals surface area contributed by atoms with E-state index in [9.17, 15) is 4.79 Å². The molecule has 5 heteroatoms. The average molecular weight is 334 g/mol. The second kappa shape index (κ2) is 7.05. The third-order valence-corrected chi connectivity index (χ3v) is 3.27. The van der Waals surface area contributed by atoms with Crippen molar-refractivity contribution in [3.63, 3.8) is 0 Å². The molecule has 0 fully saturated rings. The van der Waals surface area contributed by atoms with E-state index in [2.05, 4.69) is 31.5 Å². The standard InChI is InChI=1S/C15H16BrN3O/c1-2-17-13-7-8-18-14(9-13)15(20)19-10-11-3-5-12(16)6-4-11/h3-9H,2,10H2,1H3,(H,17,18)(H,19,20). The van der Waals surface area contributed by atoms with Crippen LogP contribution in [-0.4, -0.2) is 17.4 Å². The zero-order valence-corrected chi connectivity index (χ0v) is 12.8. The number of anilines is 1. The molecule has 0 aliphatic carbocycles. The highest BCUT2D eigenvalue weighted by atomic mass is 79.9. The molecule has 2 rings (SSSR count). The van der Waals surface area contributed by atoms with Gasteiger partial charge in [-0.15, -0.1) is 0 Å². The van der Waals surface area contributed by atoms with Gasteiger partial charge in [0.25, 0.3) is 5.91 Å². The van der Waals surface area contributed by atoms with Gasteiger partial charge in [0.05, 0.1) is 0 Å². The Balaban J connectivity index is 1.97. The van der Waals surface area contributed by atoms with E-state index >= 15 is 0 Å². The second-order valence-corrected chi connectivity index (χ2v) is 5.18. The lowest BCUT2D eigenvalue weighted by Gasteiger charge is -2.07. The molecule has 1 aromatic carbocycles. The number of nitrogens with one attached hydrogen (secondary N) is 2. The lowest BCUT2D eigenvalue weighted by molar-refractivity contribution is 0.0946. The average Bonchev–Trinajstić information content (AvgIpc) is 2.47. The van der Waals surface area contributed by atoms with Gasteiger partial charge in [0, 0.05) is 29.4 Å². The Kier molecular flexibility index (Phi) is 5.12. The van der Waals surface area contributed by atoms with Gasteiger partial charge in [0.2, 0.25) is 0 Å². The van der Waals surface area contributed by atoms with Gasteiger partial charge in [0.15, 0.2) is 0 Å². The highest BCUT2D eigenvalue weighted by Crippen LogP contribution is 2.11. The molecular weight excluding hydrogens is 318 g/mol. The van der Waals surface area contributed by atoms with Crippen LogP contribution in [0.2, 0.25) is 0 Å². The number of nitrogens with zero attached hydrogens (tertiary/aromatic N) is 1. The van der Waals surface area contributed by atoms with Crippen LogP contribution >= 0.6 is 15.9 Å². The fourth-order valence-electron chi connectivity index (χ4n) is 1.74. The summed E-state index contributed by atoms with van der Waals surface area (Å²) in [6.07, 6.45) is 1.63. The van der Waals surface area contributed by atoms with E-state index in [0.717, 1.165) is 22.3 Å². The molecule has 0 radical (unpaired) electrons. The molecule has 1 amide bonds. The Morgan fingerprint density at radius 2 is 2.00 bits per heavy atom. The summed E-state index contributed by atoms with van der Waals surface area (Å²) in [7, 11) is 0. The van der Waals surface area contributed by atoms with Gasteiger partial charge in [-0.05, 0) is 36.8 Å². The molecule has 0 saturated heterocycles. The van der Waals surface area contributed by atoms with Crippen molar-refractivity contribution in [1.29, 1.82) is 0 Å². The van der Waals surface area contributed by atoms with Crippen molar-refractivity contribution in [2.24, 2.45) is 0 Å². The van der Waals surface area contributed by atoms with Crippen LogP contribution in [0.5, 0.6) is 0 Å². The lowest BCUT2D eigenvalue weighted by Crippen LogP contribution is -2.23. The van der Waals surface area contributed by atoms with E-state index in [4.69, 9.17) is 0 Å². The van der Waals surface area contributed by atoms with Crippen LogP contribution in [0.15, 0.2) is 47.1 Å². The van der Waals surface area contributed by atoms with Crippen LogP contribution in [-0.2, 0) is 6.54 Å². The van der Waals surface area contributed by atoms with Crippen LogP contribution in [0.4, 0.5) is 5.69 Å². The summed E-state index contributed by atoms with van der Waals surface area (Å²) in [6, 6.07) is 11.4. The maximum Gasteiger partial charge on any atom is 0.270 e. The third kappa shape index (κ3) is 4.06. The van der Waals surface area contributed by atoms with Gasteiger partial charge in [0.1, 0.15) is 5.69 Å². The Morgan fingerprint density at radius 1 is 1.25 bits per heavy atom. The Morgan fingerprint density at radius 3 is 2.70 bits per heavy atom. The predicted molar refractivity (Wildman–Crippen MR) is 83.7 cm³/mol. The van der Waals surface area contributed by atoms with Crippen molar-refractivity contribution in [3.05, 3.63) is 58.3 Å².